The molecule has 4 N–H and O–H groups in total. The smallest absolute Gasteiger partial charge is 0.379 e. The van der Waals surface area contributed by atoms with Gasteiger partial charge in [-0.3, -0.25) is 39.2 Å². The summed E-state index contributed by atoms with van der Waals surface area (Å²) < 4.78 is 57.0. The molecule has 19 nitrogen and oxygen atoms in total. The number of hydrogen-bond acceptors (Lipinski definition) is 12. The number of carbonyl (C=O) groups excluding carboxylic acids is 4. The van der Waals surface area contributed by atoms with Gasteiger partial charge in [0.2, 0.25) is 17.8 Å². The molecule has 3 aromatic rings. The molecule has 304 valence electrons. The Labute approximate surface area is 318 Å². The highest BCUT2D eigenvalue weighted by molar-refractivity contribution is 5.99. The molecule has 0 aliphatic carbocycles. The summed E-state index contributed by atoms with van der Waals surface area (Å²) in [6, 6.07) is 4.38. The van der Waals surface area contributed by atoms with E-state index in [1.54, 1.807) is 20.8 Å². The van der Waals surface area contributed by atoms with E-state index < -0.39 is 48.0 Å². The first kappa shape index (κ1) is 44.7. The van der Waals surface area contributed by atoms with Gasteiger partial charge in [-0.1, -0.05) is 19.0 Å². The van der Waals surface area contributed by atoms with Crippen molar-refractivity contribution in [3.8, 4) is 0 Å². The molecule has 1 aromatic carbocycles. The van der Waals surface area contributed by atoms with Gasteiger partial charge in [-0.05, 0) is 49.6 Å². The summed E-state index contributed by atoms with van der Waals surface area (Å²) >= 11 is 0. The summed E-state index contributed by atoms with van der Waals surface area (Å²) in [4.78, 5) is 79.6. The van der Waals surface area contributed by atoms with Crippen molar-refractivity contribution < 1.29 is 46.6 Å². The third kappa shape index (κ3) is 15.2. The fraction of sp³-hybridized carbons (Fsp3) is 0.529. The predicted molar refractivity (Wildman–Crippen MR) is 195 cm³/mol. The average molecular weight is 792 g/mol. The zero-order valence-corrected chi connectivity index (χ0v) is 31.1. The van der Waals surface area contributed by atoms with Gasteiger partial charge in [-0.2, -0.15) is 18.2 Å². The Kier molecular flexibility index (Phi) is 18.1. The van der Waals surface area contributed by atoms with Crippen molar-refractivity contribution in [2.75, 3.05) is 62.9 Å². The van der Waals surface area contributed by atoms with Crippen LogP contribution in [0.3, 0.4) is 0 Å². The minimum atomic E-state index is -5.28. The van der Waals surface area contributed by atoms with Crippen molar-refractivity contribution in [2.24, 2.45) is 11.0 Å². The Balaban J connectivity index is 1.46. The number of hydrogen-bond donors (Lipinski definition) is 4. The van der Waals surface area contributed by atoms with Crippen LogP contribution in [0.2, 0.25) is 0 Å². The van der Waals surface area contributed by atoms with Crippen LogP contribution in [0.25, 0.3) is 21.6 Å². The number of fused-ring (bicyclic) bond motifs is 1. The van der Waals surface area contributed by atoms with Crippen LogP contribution in [0.5, 0.6) is 0 Å². The molecule has 0 aliphatic rings. The van der Waals surface area contributed by atoms with Crippen LogP contribution in [0.4, 0.5) is 24.8 Å². The maximum atomic E-state index is 13.7. The number of aromatic amines is 1. The van der Waals surface area contributed by atoms with E-state index in [-0.39, 0.29) is 52.9 Å². The molecule has 4 amide bonds. The van der Waals surface area contributed by atoms with E-state index in [1.165, 1.54) is 12.1 Å². The van der Waals surface area contributed by atoms with Gasteiger partial charge in [0.05, 0.1) is 51.5 Å². The quantitative estimate of drug-likeness (QED) is 0.0470. The Hall–Kier alpha value is -5.70. The number of amides is 4. The molecule has 0 aliphatic heterocycles. The number of carbonyl (C=O) groups is 4. The molecular formula is C34H44F3N11O8. The topological polar surface area (TPSA) is 256 Å². The van der Waals surface area contributed by atoms with Crippen molar-refractivity contribution in [3.05, 3.63) is 62.5 Å². The number of aromatic nitrogens is 4. The first-order valence-corrected chi connectivity index (χ1v) is 17.6. The zero-order chi connectivity index (χ0) is 41.1. The number of ether oxygens (including phenoxy) is 3. The maximum absolute atomic E-state index is 13.7. The summed E-state index contributed by atoms with van der Waals surface area (Å²) in [6.07, 6.45) is -3.20. The van der Waals surface area contributed by atoms with Gasteiger partial charge in [-0.15, -0.1) is 0 Å². The summed E-state index contributed by atoms with van der Waals surface area (Å²) in [5, 5.41) is 11.3. The molecule has 0 saturated heterocycles. The predicted octanol–water partition coefficient (Wildman–Crippen LogP) is 3.17. The third-order valence-corrected chi connectivity index (χ3v) is 7.60. The van der Waals surface area contributed by atoms with Crippen molar-refractivity contribution in [1.82, 2.24) is 30.6 Å². The van der Waals surface area contributed by atoms with Crippen LogP contribution in [-0.4, -0.2) is 109 Å². The summed E-state index contributed by atoms with van der Waals surface area (Å²) in [5.74, 6) is -4.01. The normalized spacial score (nSPS) is 11.8. The van der Waals surface area contributed by atoms with Crippen LogP contribution in [0.15, 0.2) is 40.4 Å². The Morgan fingerprint density at radius 2 is 1.64 bits per heavy atom. The highest BCUT2D eigenvalue weighted by Crippen LogP contribution is 2.26. The van der Waals surface area contributed by atoms with Crippen LogP contribution in [0, 0.1) is 5.92 Å². The van der Waals surface area contributed by atoms with Crippen molar-refractivity contribution in [1.29, 1.82) is 0 Å². The number of benzene rings is 1. The lowest BCUT2D eigenvalue weighted by molar-refractivity contribution is -0.170. The van der Waals surface area contributed by atoms with E-state index in [0.717, 1.165) is 18.3 Å². The molecular weight excluding hydrogens is 747 g/mol. The second-order valence-electron chi connectivity index (χ2n) is 12.4. The lowest BCUT2D eigenvalue weighted by Gasteiger charge is -2.24. The monoisotopic (exact) mass is 791 g/mol. The summed E-state index contributed by atoms with van der Waals surface area (Å²) in [5.41, 5.74) is 6.55. The molecule has 2 aromatic heterocycles. The number of halogens is 3. The molecule has 0 fully saturated rings. The van der Waals surface area contributed by atoms with E-state index >= 15 is 0 Å². The molecule has 2 heterocycles. The molecule has 22 heteroatoms. The Morgan fingerprint density at radius 1 is 0.982 bits per heavy atom. The van der Waals surface area contributed by atoms with E-state index in [1.807, 2.05) is 0 Å². The molecule has 0 radical (unpaired) electrons. The first-order chi connectivity index (χ1) is 26.7. The lowest BCUT2D eigenvalue weighted by atomic mass is 10.1. The fourth-order valence-electron chi connectivity index (χ4n) is 4.65. The van der Waals surface area contributed by atoms with Crippen molar-refractivity contribution in [2.45, 2.75) is 58.8 Å². The SMILES string of the molecule is CC(C)C(=O)Nc1nc2ncc(CN(C(=O)C(F)(F)F)c3ccc(C(=O)N[C@H](C)CCC(=O)NCCCOCCOCCOCCN=[N+]=[N-])cc3)nc2c(=O)[nH]1. The van der Waals surface area contributed by atoms with Crippen molar-refractivity contribution in [3.63, 3.8) is 0 Å². The standard InChI is InChI=1S/C34H44F3N11O8/c1-21(2)29(50)45-33-44-28-27(31(52)46-33)43-24(19-40-28)20-48(32(53)34(35,36)37)25-8-6-23(7-9-25)30(51)42-22(3)5-10-26(49)39-11-4-13-54-15-17-56-18-16-55-14-12-41-47-38/h6-9,19,21-22H,4-5,10-18,20H2,1-3H3,(H,39,49)(H,42,51)(H2,40,44,45,46,50,52)/t22-/m1/s1. The summed E-state index contributed by atoms with van der Waals surface area (Å²) in [7, 11) is 0. The number of nitrogens with zero attached hydrogens (tertiary/aromatic N) is 7. The molecule has 3 rings (SSSR count). The van der Waals surface area contributed by atoms with Gasteiger partial charge in [0, 0.05) is 54.2 Å². The zero-order valence-electron chi connectivity index (χ0n) is 31.1. The molecule has 0 spiro atoms. The average Bonchev–Trinajstić information content (AvgIpc) is 3.15. The van der Waals surface area contributed by atoms with Gasteiger partial charge >= 0.3 is 12.1 Å². The van der Waals surface area contributed by atoms with E-state index in [4.69, 9.17) is 19.7 Å². The minimum Gasteiger partial charge on any atom is -0.379 e. The van der Waals surface area contributed by atoms with E-state index in [9.17, 15) is 37.1 Å². The number of alkyl halides is 3. The number of rotatable bonds is 23. The van der Waals surface area contributed by atoms with Gasteiger partial charge in [-0.25, -0.2) is 9.97 Å². The largest absolute Gasteiger partial charge is 0.471 e. The molecule has 0 bridgehead atoms. The highest BCUT2D eigenvalue weighted by atomic mass is 19.4. The van der Waals surface area contributed by atoms with E-state index in [0.29, 0.717) is 63.9 Å². The molecule has 0 unspecified atom stereocenters. The van der Waals surface area contributed by atoms with Gasteiger partial charge in [0.25, 0.3) is 11.5 Å². The third-order valence-electron chi connectivity index (χ3n) is 7.60. The minimum absolute atomic E-state index is 0.0916. The second-order valence-corrected chi connectivity index (χ2v) is 12.4. The molecule has 56 heavy (non-hydrogen) atoms. The van der Waals surface area contributed by atoms with Gasteiger partial charge in [0.15, 0.2) is 11.2 Å². The maximum Gasteiger partial charge on any atom is 0.471 e. The molecule has 1 atom stereocenters. The van der Waals surface area contributed by atoms with E-state index in [2.05, 4.69) is 45.9 Å². The lowest BCUT2D eigenvalue weighted by Crippen LogP contribution is -2.41. The fourth-order valence-corrected chi connectivity index (χ4v) is 4.65. The first-order valence-electron chi connectivity index (χ1n) is 17.6. The van der Waals surface area contributed by atoms with Crippen molar-refractivity contribution >= 4 is 46.4 Å². The molecule has 0 saturated carbocycles. The number of azide groups is 1. The second kappa shape index (κ2) is 22.6. The van der Waals surface area contributed by atoms with Crippen LogP contribution < -0.4 is 26.4 Å². The van der Waals surface area contributed by atoms with Gasteiger partial charge < -0.3 is 24.8 Å². The number of H-pyrrole nitrogens is 1. The van der Waals surface area contributed by atoms with Crippen LogP contribution in [0.1, 0.15) is 56.1 Å². The highest BCUT2D eigenvalue weighted by Gasteiger charge is 2.43. The summed E-state index contributed by atoms with van der Waals surface area (Å²) in [6.45, 7) is 7.13. The number of nitrogens with one attached hydrogen (secondary N) is 4. The Morgan fingerprint density at radius 3 is 2.29 bits per heavy atom. The van der Waals surface area contributed by atoms with Gasteiger partial charge in [0.1, 0.15) is 0 Å². The Bertz CT molecular complexity index is 1890. The van der Waals surface area contributed by atoms with Crippen LogP contribution in [-0.2, 0) is 35.1 Å². The number of anilines is 2. The van der Waals surface area contributed by atoms with Crippen LogP contribution >= 0.6 is 0 Å².